The fourth-order valence-electron chi connectivity index (χ4n) is 2.26. The van der Waals surface area contributed by atoms with Crippen LogP contribution in [0.15, 0.2) is 59.3 Å². The summed E-state index contributed by atoms with van der Waals surface area (Å²) in [5, 5.41) is 16.7. The van der Waals surface area contributed by atoms with Crippen LogP contribution in [0.25, 0.3) is 21.8 Å². The first-order valence-corrected chi connectivity index (χ1v) is 9.21. The number of aromatic nitrogens is 3. The second kappa shape index (κ2) is 6.51. The minimum absolute atomic E-state index is 0.693. The summed E-state index contributed by atoms with van der Waals surface area (Å²) in [5.74, 6) is 0.693. The number of hydrogen-bond acceptors (Lipinski definition) is 6. The van der Waals surface area contributed by atoms with Crippen LogP contribution in [0, 0.1) is 6.92 Å². The quantitative estimate of drug-likeness (QED) is 0.537. The molecule has 3 heterocycles. The van der Waals surface area contributed by atoms with Gasteiger partial charge >= 0.3 is 0 Å². The van der Waals surface area contributed by atoms with Gasteiger partial charge in [-0.05, 0) is 30.5 Å². The van der Waals surface area contributed by atoms with E-state index in [-0.39, 0.29) is 0 Å². The lowest BCUT2D eigenvalue weighted by Crippen LogP contribution is -1.96. The van der Waals surface area contributed by atoms with Crippen molar-refractivity contribution in [1.82, 2.24) is 15.2 Å². The Labute approximate surface area is 147 Å². The Morgan fingerprint density at radius 2 is 1.75 bits per heavy atom. The number of rotatable bonds is 4. The maximum Gasteiger partial charge on any atom is 0.188 e. The minimum atomic E-state index is 0.693. The maximum atomic E-state index is 4.59. The molecule has 118 valence electrons. The number of anilines is 2. The van der Waals surface area contributed by atoms with Gasteiger partial charge in [0.05, 0.1) is 16.3 Å². The molecule has 0 unspecified atom stereocenters. The van der Waals surface area contributed by atoms with Gasteiger partial charge in [-0.3, -0.25) is 0 Å². The molecule has 0 spiro atoms. The van der Waals surface area contributed by atoms with E-state index in [4.69, 9.17) is 0 Å². The second-order valence-electron chi connectivity index (χ2n) is 5.31. The summed E-state index contributed by atoms with van der Waals surface area (Å²) in [6.07, 6.45) is 0. The number of benzene rings is 1. The van der Waals surface area contributed by atoms with E-state index < -0.39 is 0 Å². The third-order valence-corrected chi connectivity index (χ3v) is 5.17. The lowest BCUT2D eigenvalue weighted by atomic mass is 10.1. The first kappa shape index (κ1) is 15.0. The average Bonchev–Trinajstić information content (AvgIpc) is 3.28. The molecule has 4 aromatic rings. The molecule has 0 aliphatic rings. The van der Waals surface area contributed by atoms with E-state index >= 15 is 0 Å². The molecular weight excluding hydrogens is 336 g/mol. The average molecular weight is 350 g/mol. The van der Waals surface area contributed by atoms with Crippen molar-refractivity contribution in [3.63, 3.8) is 0 Å². The Hall–Kier alpha value is -2.57. The number of thiophene rings is 1. The van der Waals surface area contributed by atoms with Crippen molar-refractivity contribution in [2.75, 3.05) is 5.32 Å². The molecule has 0 radical (unpaired) electrons. The standard InChI is InChI=1S/C18H14N4S2/c1-12-4-6-13(7-5-12)14-8-9-17(22-21-14)20-18-19-15(11-24-18)16-3-2-10-23-16/h2-11H,1H3,(H,19,20,22). The van der Waals surface area contributed by atoms with Gasteiger partial charge in [-0.1, -0.05) is 35.9 Å². The molecule has 6 heteroatoms. The van der Waals surface area contributed by atoms with Gasteiger partial charge in [0.15, 0.2) is 10.9 Å². The zero-order valence-corrected chi connectivity index (χ0v) is 14.6. The van der Waals surface area contributed by atoms with Crippen LogP contribution in [0.2, 0.25) is 0 Å². The summed E-state index contributed by atoms with van der Waals surface area (Å²) in [6.45, 7) is 2.07. The topological polar surface area (TPSA) is 50.7 Å². The van der Waals surface area contributed by atoms with Crippen LogP contribution >= 0.6 is 22.7 Å². The Kier molecular flexibility index (Phi) is 4.06. The Morgan fingerprint density at radius 1 is 0.875 bits per heavy atom. The molecule has 3 aromatic heterocycles. The van der Waals surface area contributed by atoms with Crippen LogP contribution in [0.4, 0.5) is 10.9 Å². The van der Waals surface area contributed by atoms with Crippen molar-refractivity contribution in [3.8, 4) is 21.8 Å². The molecule has 0 fully saturated rings. The van der Waals surface area contributed by atoms with Crippen molar-refractivity contribution in [2.45, 2.75) is 6.92 Å². The molecule has 4 rings (SSSR count). The number of nitrogens with zero attached hydrogens (tertiary/aromatic N) is 3. The normalized spacial score (nSPS) is 10.7. The molecule has 1 aromatic carbocycles. The Balaban J connectivity index is 1.50. The highest BCUT2D eigenvalue weighted by Gasteiger charge is 2.07. The SMILES string of the molecule is Cc1ccc(-c2ccc(Nc3nc(-c4cccs4)cs3)nn2)cc1. The molecule has 1 N–H and O–H groups in total. The van der Waals surface area contributed by atoms with Crippen molar-refractivity contribution in [3.05, 3.63) is 64.9 Å². The molecule has 0 saturated carbocycles. The van der Waals surface area contributed by atoms with Gasteiger partial charge < -0.3 is 5.32 Å². The third-order valence-electron chi connectivity index (χ3n) is 3.52. The molecule has 0 aliphatic carbocycles. The van der Waals surface area contributed by atoms with Crippen molar-refractivity contribution in [2.24, 2.45) is 0 Å². The monoisotopic (exact) mass is 350 g/mol. The number of nitrogens with one attached hydrogen (secondary N) is 1. The molecule has 0 bridgehead atoms. The van der Waals surface area contributed by atoms with Gasteiger partial charge in [0.25, 0.3) is 0 Å². The molecule has 4 nitrogen and oxygen atoms in total. The minimum Gasteiger partial charge on any atom is -0.315 e. The van der Waals surface area contributed by atoms with E-state index in [0.29, 0.717) is 5.82 Å². The molecule has 24 heavy (non-hydrogen) atoms. The number of aryl methyl sites for hydroxylation is 1. The third kappa shape index (κ3) is 3.20. The number of hydrogen-bond donors (Lipinski definition) is 1. The van der Waals surface area contributed by atoms with Crippen molar-refractivity contribution < 1.29 is 0 Å². The molecule has 0 aliphatic heterocycles. The Bertz CT molecular complexity index is 926. The lowest BCUT2D eigenvalue weighted by molar-refractivity contribution is 1.04. The van der Waals surface area contributed by atoms with Gasteiger partial charge in [0.2, 0.25) is 0 Å². The first-order chi connectivity index (χ1) is 11.8. The molecule has 0 saturated heterocycles. The van der Waals surface area contributed by atoms with Crippen LogP contribution < -0.4 is 5.32 Å². The highest BCUT2D eigenvalue weighted by atomic mass is 32.1. The van der Waals surface area contributed by atoms with Crippen LogP contribution in [0.5, 0.6) is 0 Å². The van der Waals surface area contributed by atoms with Gasteiger partial charge in [-0.2, -0.15) is 0 Å². The van der Waals surface area contributed by atoms with Crippen LogP contribution in [-0.4, -0.2) is 15.2 Å². The van der Waals surface area contributed by atoms with E-state index in [1.165, 1.54) is 10.4 Å². The van der Waals surface area contributed by atoms with Crippen LogP contribution in [0.3, 0.4) is 0 Å². The smallest absolute Gasteiger partial charge is 0.188 e. The first-order valence-electron chi connectivity index (χ1n) is 7.45. The predicted molar refractivity (Wildman–Crippen MR) is 101 cm³/mol. The highest BCUT2D eigenvalue weighted by molar-refractivity contribution is 7.16. The van der Waals surface area contributed by atoms with E-state index in [2.05, 4.69) is 63.1 Å². The summed E-state index contributed by atoms with van der Waals surface area (Å²) < 4.78 is 0. The van der Waals surface area contributed by atoms with Crippen LogP contribution in [0.1, 0.15) is 5.56 Å². The van der Waals surface area contributed by atoms with Gasteiger partial charge in [-0.15, -0.1) is 32.9 Å². The molecule has 0 amide bonds. The summed E-state index contributed by atoms with van der Waals surface area (Å²) in [6, 6.07) is 16.3. The number of thiazole rings is 1. The van der Waals surface area contributed by atoms with Gasteiger partial charge in [0, 0.05) is 10.9 Å². The van der Waals surface area contributed by atoms with E-state index in [1.54, 1.807) is 22.7 Å². The van der Waals surface area contributed by atoms with Crippen molar-refractivity contribution in [1.29, 1.82) is 0 Å². The largest absolute Gasteiger partial charge is 0.315 e. The van der Waals surface area contributed by atoms with Crippen molar-refractivity contribution >= 4 is 33.6 Å². The highest BCUT2D eigenvalue weighted by Crippen LogP contribution is 2.29. The van der Waals surface area contributed by atoms with Gasteiger partial charge in [0.1, 0.15) is 0 Å². The van der Waals surface area contributed by atoms with E-state index in [1.807, 2.05) is 23.6 Å². The summed E-state index contributed by atoms with van der Waals surface area (Å²) in [5.41, 5.74) is 4.14. The fraction of sp³-hybridized carbons (Fsp3) is 0.0556. The zero-order valence-electron chi connectivity index (χ0n) is 12.9. The van der Waals surface area contributed by atoms with E-state index in [0.717, 1.165) is 22.1 Å². The zero-order chi connectivity index (χ0) is 16.4. The summed E-state index contributed by atoms with van der Waals surface area (Å²) in [4.78, 5) is 5.76. The molecular formula is C18H14N4S2. The maximum absolute atomic E-state index is 4.59. The van der Waals surface area contributed by atoms with Gasteiger partial charge in [-0.25, -0.2) is 4.98 Å². The summed E-state index contributed by atoms with van der Waals surface area (Å²) >= 11 is 3.25. The Morgan fingerprint density at radius 3 is 2.46 bits per heavy atom. The fourth-order valence-corrected chi connectivity index (χ4v) is 3.73. The van der Waals surface area contributed by atoms with Crippen LogP contribution in [-0.2, 0) is 0 Å². The summed E-state index contributed by atoms with van der Waals surface area (Å²) in [7, 11) is 0. The second-order valence-corrected chi connectivity index (χ2v) is 7.12. The molecule has 0 atom stereocenters. The predicted octanol–water partition coefficient (Wildman–Crippen LogP) is 5.38. The lowest BCUT2D eigenvalue weighted by Gasteiger charge is -2.03. The van der Waals surface area contributed by atoms with E-state index in [9.17, 15) is 0 Å².